The fraction of sp³-hybridized carbons (Fsp3) is 0.200. The zero-order valence-electron chi connectivity index (χ0n) is 17.8. The Morgan fingerprint density at radius 2 is 1.29 bits per heavy atom. The maximum atomic E-state index is 12.1. The second-order valence-corrected chi connectivity index (χ2v) is 16.7. The Bertz CT molecular complexity index is 1110. The van der Waals surface area contributed by atoms with Gasteiger partial charge in [-0.25, -0.2) is 9.59 Å². The van der Waals surface area contributed by atoms with Gasteiger partial charge in [0.25, 0.3) is 0 Å². The number of ether oxygens (including phenoxy) is 2. The van der Waals surface area contributed by atoms with Crippen molar-refractivity contribution in [2.75, 3.05) is 13.2 Å². The average molecular weight is 565 g/mol. The van der Waals surface area contributed by atoms with E-state index in [1.165, 1.54) is 24.3 Å². The second-order valence-electron chi connectivity index (χ2n) is 6.86. The van der Waals surface area contributed by atoms with E-state index in [9.17, 15) is 19.2 Å². The molecule has 0 saturated heterocycles. The van der Waals surface area contributed by atoms with Crippen LogP contribution in [0.4, 0.5) is 0 Å². The maximum absolute atomic E-state index is 12.1. The van der Waals surface area contributed by atoms with Crippen molar-refractivity contribution in [1.82, 2.24) is 0 Å². The number of rotatable bonds is 13. The number of esters is 2. The minimum Gasteiger partial charge on any atom is -0.462 e. The molecule has 0 heterocycles. The van der Waals surface area contributed by atoms with Crippen LogP contribution in [-0.2, 0) is 33.1 Å². The Morgan fingerprint density at radius 1 is 0.882 bits per heavy atom. The first-order valence-corrected chi connectivity index (χ1v) is 17.4. The highest BCUT2D eigenvalue weighted by Crippen LogP contribution is 2.52. The summed E-state index contributed by atoms with van der Waals surface area (Å²) in [6, 6.07) is 12.3. The van der Waals surface area contributed by atoms with Gasteiger partial charge < -0.3 is 9.47 Å². The highest BCUT2D eigenvalue weighted by Gasteiger charge is 2.17. The van der Waals surface area contributed by atoms with Crippen LogP contribution in [0.5, 0.6) is 0 Å². The molecule has 3 radical (unpaired) electrons. The summed E-state index contributed by atoms with van der Waals surface area (Å²) in [6.45, 7) is 2.04. The van der Waals surface area contributed by atoms with Gasteiger partial charge in [0.1, 0.15) is 7.57 Å². The molecule has 173 valence electrons. The molecule has 0 fully saturated rings. The summed E-state index contributed by atoms with van der Waals surface area (Å²) in [4.78, 5) is 48.2. The van der Waals surface area contributed by atoms with Crippen molar-refractivity contribution in [3.8, 4) is 0 Å². The first kappa shape index (κ1) is 29.1. The van der Waals surface area contributed by atoms with Gasteiger partial charge in [-0.05, 0) is 42.7 Å². The lowest BCUT2D eigenvalue weighted by molar-refractivity contribution is 0.0432. The summed E-state index contributed by atoms with van der Waals surface area (Å²) in [5.41, 5.74) is -1.47. The molecule has 0 bridgehead atoms. The lowest BCUT2D eigenvalue weighted by Gasteiger charge is -2.10. The summed E-state index contributed by atoms with van der Waals surface area (Å²) in [5.74, 6) is -1.01. The van der Waals surface area contributed by atoms with Crippen LogP contribution in [0.2, 0.25) is 0 Å². The van der Waals surface area contributed by atoms with E-state index in [0.717, 1.165) is 0 Å². The molecule has 0 aliphatic heterocycles. The molecule has 0 spiro atoms. The normalized spacial score (nSPS) is 12.7. The highest BCUT2D eigenvalue weighted by atomic mass is 32.6. The number of benzene rings is 2. The minimum absolute atomic E-state index is 0.00529. The van der Waals surface area contributed by atoms with Crippen molar-refractivity contribution in [2.45, 2.75) is 12.8 Å². The molecule has 0 aromatic heterocycles. The molecule has 0 amide bonds. The first-order chi connectivity index (χ1) is 16.1. The van der Waals surface area contributed by atoms with E-state index < -0.39 is 17.5 Å². The predicted molar refractivity (Wildman–Crippen MR) is 149 cm³/mol. The topological polar surface area (TPSA) is 86.7 Å². The van der Waals surface area contributed by atoms with Crippen molar-refractivity contribution in [3.63, 3.8) is 0 Å². The third-order valence-corrected chi connectivity index (χ3v) is 8.85. The standard InChI is InChI=1S/C20H19B2O6P4S2/c21-32(29,34)20(26)16-9-5-14(6-10-16)18(24)28-12-2-1-11-27-17(23)13-3-7-15(8-4-13)19(25)30-22-31-33/h3-10,30H,1-2,11-12,29H2. The molecule has 0 aliphatic rings. The number of carbonyl (C=O) groups is 4. The zero-order valence-corrected chi connectivity index (χ0v) is 23.4. The van der Waals surface area contributed by atoms with Gasteiger partial charge in [-0.3, -0.25) is 9.59 Å². The average Bonchev–Trinajstić information content (AvgIpc) is 2.83. The zero-order chi connectivity index (χ0) is 25.1. The summed E-state index contributed by atoms with van der Waals surface area (Å²) in [6.07, 6.45) is 1.02. The Labute approximate surface area is 216 Å². The van der Waals surface area contributed by atoms with Gasteiger partial charge in [-0.15, -0.1) is 8.93 Å². The van der Waals surface area contributed by atoms with Crippen LogP contribution < -0.4 is 0 Å². The molecule has 2 aromatic rings. The third kappa shape index (κ3) is 9.50. The molecule has 14 heteroatoms. The minimum atomic E-state index is -2.64. The van der Waals surface area contributed by atoms with Gasteiger partial charge in [0.05, 0.1) is 24.3 Å². The van der Waals surface area contributed by atoms with Crippen molar-refractivity contribution in [1.29, 1.82) is 0 Å². The molecule has 0 N–H and O–H groups in total. The van der Waals surface area contributed by atoms with E-state index in [-0.39, 0.29) is 32.7 Å². The monoisotopic (exact) mass is 565 g/mol. The Kier molecular flexibility index (Phi) is 12.4. The predicted octanol–water partition coefficient (Wildman–Crippen LogP) is 4.73. The van der Waals surface area contributed by atoms with Gasteiger partial charge in [0, 0.05) is 11.1 Å². The highest BCUT2D eigenvalue weighted by molar-refractivity contribution is 8.59. The van der Waals surface area contributed by atoms with E-state index in [0.29, 0.717) is 42.3 Å². The quantitative estimate of drug-likeness (QED) is 0.149. The summed E-state index contributed by atoms with van der Waals surface area (Å²) < 4.78 is 10.4. The Hall–Kier alpha value is -1.12. The largest absolute Gasteiger partial charge is 0.462 e. The second kappa shape index (κ2) is 14.4. The van der Waals surface area contributed by atoms with Gasteiger partial charge in [-0.1, -0.05) is 63.6 Å². The Balaban J connectivity index is 1.69. The van der Waals surface area contributed by atoms with Crippen molar-refractivity contribution in [3.05, 3.63) is 70.8 Å². The van der Waals surface area contributed by atoms with Gasteiger partial charge in [0.2, 0.25) is 6.72 Å². The molecule has 3 atom stereocenters. The molecular weight excluding hydrogens is 546 g/mol. The van der Waals surface area contributed by atoms with E-state index in [1.54, 1.807) is 31.0 Å². The van der Waals surface area contributed by atoms with E-state index in [4.69, 9.17) is 40.7 Å². The van der Waals surface area contributed by atoms with E-state index in [2.05, 4.69) is 8.93 Å². The molecule has 0 saturated carbocycles. The van der Waals surface area contributed by atoms with Crippen molar-refractivity contribution < 1.29 is 28.7 Å². The number of hydrogen-bond donors (Lipinski definition) is 0. The van der Waals surface area contributed by atoms with E-state index >= 15 is 0 Å². The summed E-state index contributed by atoms with van der Waals surface area (Å²) >= 11 is 9.77. The summed E-state index contributed by atoms with van der Waals surface area (Å²) in [7, 11) is 8.56. The van der Waals surface area contributed by atoms with Gasteiger partial charge in [0.15, 0.2) is 11.0 Å². The van der Waals surface area contributed by atoms with Crippen LogP contribution in [0.3, 0.4) is 0 Å². The summed E-state index contributed by atoms with van der Waals surface area (Å²) in [5, 5.41) is 0. The Morgan fingerprint density at radius 3 is 1.71 bits per heavy atom. The van der Waals surface area contributed by atoms with Gasteiger partial charge >= 0.3 is 11.9 Å². The fourth-order valence-electron chi connectivity index (χ4n) is 2.58. The van der Waals surface area contributed by atoms with E-state index in [1.807, 2.05) is 0 Å². The number of hydrogen-bond acceptors (Lipinski definition) is 8. The molecule has 6 nitrogen and oxygen atoms in total. The lowest BCUT2D eigenvalue weighted by atomic mass is 10.1. The van der Waals surface area contributed by atoms with Crippen molar-refractivity contribution in [2.24, 2.45) is 0 Å². The number of unbranched alkanes of at least 4 members (excludes halogenated alkanes) is 1. The molecular formula is C20H19B2O6P4S2. The van der Waals surface area contributed by atoms with Crippen LogP contribution >= 0.6 is 30.2 Å². The van der Waals surface area contributed by atoms with Gasteiger partial charge in [-0.2, -0.15) is 0 Å². The molecule has 2 aromatic carbocycles. The van der Waals surface area contributed by atoms with Crippen LogP contribution in [0, 0.1) is 0 Å². The smallest absolute Gasteiger partial charge is 0.338 e. The first-order valence-electron chi connectivity index (χ1n) is 9.85. The SMILES string of the molecule is [B]P(P)(=S)C(=O)c1ccc(C(=O)OCCCCOC(=O)c2ccc(C(=O)P[B]P=S)cc2)cc1. The molecule has 2 rings (SSSR count). The van der Waals surface area contributed by atoms with Crippen molar-refractivity contribution >= 4 is 91.1 Å². The number of carbonyl (C=O) groups excluding carboxylic acids is 4. The third-order valence-electron chi connectivity index (χ3n) is 4.32. The molecule has 0 aliphatic carbocycles. The molecule has 34 heavy (non-hydrogen) atoms. The van der Waals surface area contributed by atoms with Crippen LogP contribution in [0.15, 0.2) is 48.5 Å². The van der Waals surface area contributed by atoms with Crippen LogP contribution in [-0.4, -0.2) is 50.5 Å². The van der Waals surface area contributed by atoms with Crippen LogP contribution in [0.1, 0.15) is 54.3 Å². The fourth-order valence-corrected chi connectivity index (χ4v) is 5.38. The lowest BCUT2D eigenvalue weighted by Crippen LogP contribution is -2.09. The van der Waals surface area contributed by atoms with Crippen LogP contribution in [0.25, 0.3) is 0 Å². The maximum Gasteiger partial charge on any atom is 0.338 e. The molecule has 3 unspecified atom stereocenters.